The monoisotopic (exact) mass is 293 g/mol. The molecule has 0 spiro atoms. The van der Waals surface area contributed by atoms with E-state index in [0.717, 1.165) is 29.4 Å². The fourth-order valence-electron chi connectivity index (χ4n) is 2.61. The molecule has 4 nitrogen and oxygen atoms in total. The van der Waals surface area contributed by atoms with Gasteiger partial charge in [-0.3, -0.25) is 4.79 Å². The molecule has 0 bridgehead atoms. The maximum atomic E-state index is 12.5. The Morgan fingerprint density at radius 1 is 1.23 bits per heavy atom. The fourth-order valence-corrected chi connectivity index (χ4v) is 2.61. The number of hydrogen-bond acceptors (Lipinski definition) is 2. The second kappa shape index (κ2) is 6.43. The number of aromatic amines is 1. The van der Waals surface area contributed by atoms with E-state index in [4.69, 9.17) is 0 Å². The van der Waals surface area contributed by atoms with Gasteiger partial charge in [-0.25, -0.2) is 4.98 Å². The lowest BCUT2D eigenvalue weighted by Gasteiger charge is -2.18. The predicted molar refractivity (Wildman–Crippen MR) is 87.7 cm³/mol. The van der Waals surface area contributed by atoms with Gasteiger partial charge in [0.15, 0.2) is 0 Å². The van der Waals surface area contributed by atoms with Crippen LogP contribution in [0.3, 0.4) is 0 Å². The summed E-state index contributed by atoms with van der Waals surface area (Å²) in [6.07, 6.45) is 3.57. The van der Waals surface area contributed by atoms with E-state index in [2.05, 4.69) is 34.3 Å². The van der Waals surface area contributed by atoms with Gasteiger partial charge in [0.05, 0.1) is 23.4 Å². The number of carbonyl (C=O) groups excluding carboxylic acids is 1. The largest absolute Gasteiger partial charge is 0.345 e. The van der Waals surface area contributed by atoms with Crippen LogP contribution < -0.4 is 5.32 Å². The molecule has 1 amide bonds. The van der Waals surface area contributed by atoms with E-state index in [-0.39, 0.29) is 11.9 Å². The maximum Gasteiger partial charge on any atom is 0.251 e. The Bertz CT molecular complexity index is 764. The fraction of sp³-hybridized carbons (Fsp3) is 0.222. The summed E-state index contributed by atoms with van der Waals surface area (Å²) >= 11 is 0. The Balaban J connectivity index is 1.81. The van der Waals surface area contributed by atoms with E-state index in [0.29, 0.717) is 5.56 Å². The molecule has 1 heterocycles. The zero-order valence-corrected chi connectivity index (χ0v) is 12.5. The molecule has 0 saturated carbocycles. The van der Waals surface area contributed by atoms with Crippen molar-refractivity contribution in [2.75, 3.05) is 0 Å². The molecular weight excluding hydrogens is 274 g/mol. The van der Waals surface area contributed by atoms with Crippen LogP contribution in [0.5, 0.6) is 0 Å². The minimum absolute atomic E-state index is 0.0381. The number of carbonyl (C=O) groups is 1. The maximum absolute atomic E-state index is 12.5. The first-order valence-corrected chi connectivity index (χ1v) is 7.57. The Labute approximate surface area is 129 Å². The van der Waals surface area contributed by atoms with Crippen LogP contribution in [-0.2, 0) is 0 Å². The highest BCUT2D eigenvalue weighted by atomic mass is 16.1. The molecule has 2 N–H and O–H groups in total. The Morgan fingerprint density at radius 3 is 2.82 bits per heavy atom. The first-order chi connectivity index (χ1) is 10.8. The predicted octanol–water partition coefficient (Wildman–Crippen LogP) is 3.83. The SMILES string of the molecule is CCCC(NC(=O)c1ccc2nc[nH]c2c1)c1ccccc1. The van der Waals surface area contributed by atoms with Crippen LogP contribution in [0, 0.1) is 0 Å². The molecule has 0 saturated heterocycles. The zero-order chi connectivity index (χ0) is 15.4. The smallest absolute Gasteiger partial charge is 0.251 e. The molecule has 1 atom stereocenters. The number of fused-ring (bicyclic) bond motifs is 1. The van der Waals surface area contributed by atoms with Crippen LogP contribution in [0.25, 0.3) is 11.0 Å². The van der Waals surface area contributed by atoms with Gasteiger partial charge < -0.3 is 10.3 Å². The summed E-state index contributed by atoms with van der Waals surface area (Å²) in [7, 11) is 0. The number of amides is 1. The molecular formula is C18H19N3O. The van der Waals surface area contributed by atoms with Crippen LogP contribution in [-0.4, -0.2) is 15.9 Å². The summed E-state index contributed by atoms with van der Waals surface area (Å²) in [5.74, 6) is -0.0567. The van der Waals surface area contributed by atoms with Crippen LogP contribution in [0.2, 0.25) is 0 Å². The Hall–Kier alpha value is -2.62. The van der Waals surface area contributed by atoms with Gasteiger partial charge in [-0.15, -0.1) is 0 Å². The van der Waals surface area contributed by atoms with Crippen molar-refractivity contribution in [3.8, 4) is 0 Å². The normalized spacial score (nSPS) is 12.2. The minimum atomic E-state index is -0.0567. The summed E-state index contributed by atoms with van der Waals surface area (Å²) in [6.45, 7) is 2.12. The molecule has 4 heteroatoms. The Morgan fingerprint density at radius 2 is 2.05 bits per heavy atom. The van der Waals surface area contributed by atoms with E-state index in [9.17, 15) is 4.79 Å². The highest BCUT2D eigenvalue weighted by molar-refractivity contribution is 5.97. The summed E-state index contributed by atoms with van der Waals surface area (Å²) in [5.41, 5.74) is 3.53. The lowest BCUT2D eigenvalue weighted by Crippen LogP contribution is -2.28. The summed E-state index contributed by atoms with van der Waals surface area (Å²) < 4.78 is 0. The van der Waals surface area contributed by atoms with Crippen LogP contribution in [0.4, 0.5) is 0 Å². The topological polar surface area (TPSA) is 57.8 Å². The van der Waals surface area contributed by atoms with E-state index < -0.39 is 0 Å². The zero-order valence-electron chi connectivity index (χ0n) is 12.5. The quantitative estimate of drug-likeness (QED) is 0.751. The van der Waals surface area contributed by atoms with Crippen molar-refractivity contribution >= 4 is 16.9 Å². The van der Waals surface area contributed by atoms with Crippen molar-refractivity contribution in [2.24, 2.45) is 0 Å². The van der Waals surface area contributed by atoms with Gasteiger partial charge >= 0.3 is 0 Å². The second-order valence-electron chi connectivity index (χ2n) is 5.36. The minimum Gasteiger partial charge on any atom is -0.345 e. The van der Waals surface area contributed by atoms with Crippen LogP contribution in [0.1, 0.15) is 41.7 Å². The van der Waals surface area contributed by atoms with Crippen molar-refractivity contribution < 1.29 is 4.79 Å². The standard InChI is InChI=1S/C18H19N3O/c1-2-6-15(13-7-4-3-5-8-13)21-18(22)14-9-10-16-17(11-14)20-12-19-16/h3-5,7-12,15H,2,6H2,1H3,(H,19,20)(H,21,22). The molecule has 3 rings (SSSR count). The lowest BCUT2D eigenvalue weighted by molar-refractivity contribution is 0.0934. The van der Waals surface area contributed by atoms with Crippen molar-refractivity contribution in [1.29, 1.82) is 0 Å². The van der Waals surface area contributed by atoms with Crippen molar-refractivity contribution in [1.82, 2.24) is 15.3 Å². The number of benzene rings is 2. The summed E-state index contributed by atoms with van der Waals surface area (Å²) in [5, 5.41) is 3.13. The highest BCUT2D eigenvalue weighted by Crippen LogP contribution is 2.19. The molecule has 0 aliphatic carbocycles. The molecule has 1 aromatic heterocycles. The van der Waals surface area contributed by atoms with Gasteiger partial charge in [-0.1, -0.05) is 43.7 Å². The first kappa shape index (κ1) is 14.3. The number of hydrogen-bond donors (Lipinski definition) is 2. The van der Waals surface area contributed by atoms with Crippen molar-refractivity contribution in [3.05, 3.63) is 66.0 Å². The number of nitrogens with one attached hydrogen (secondary N) is 2. The first-order valence-electron chi connectivity index (χ1n) is 7.57. The summed E-state index contributed by atoms with van der Waals surface area (Å²) in [6, 6.07) is 15.6. The summed E-state index contributed by atoms with van der Waals surface area (Å²) in [4.78, 5) is 19.7. The lowest BCUT2D eigenvalue weighted by atomic mass is 10.0. The van der Waals surface area contributed by atoms with E-state index in [1.807, 2.05) is 36.4 Å². The van der Waals surface area contributed by atoms with E-state index >= 15 is 0 Å². The molecule has 0 aliphatic heterocycles. The third-order valence-corrected chi connectivity index (χ3v) is 3.77. The van der Waals surface area contributed by atoms with Crippen LogP contribution >= 0.6 is 0 Å². The van der Waals surface area contributed by atoms with E-state index in [1.165, 1.54) is 0 Å². The molecule has 112 valence electrons. The third-order valence-electron chi connectivity index (χ3n) is 3.77. The van der Waals surface area contributed by atoms with Crippen molar-refractivity contribution in [3.63, 3.8) is 0 Å². The molecule has 22 heavy (non-hydrogen) atoms. The molecule has 3 aromatic rings. The second-order valence-corrected chi connectivity index (χ2v) is 5.36. The average molecular weight is 293 g/mol. The number of aromatic nitrogens is 2. The molecule has 0 aliphatic rings. The van der Waals surface area contributed by atoms with Gasteiger partial charge in [-0.2, -0.15) is 0 Å². The number of nitrogens with zero attached hydrogens (tertiary/aromatic N) is 1. The number of H-pyrrole nitrogens is 1. The Kier molecular flexibility index (Phi) is 4.19. The molecule has 0 radical (unpaired) electrons. The van der Waals surface area contributed by atoms with Gasteiger partial charge in [0.25, 0.3) is 5.91 Å². The number of rotatable bonds is 5. The average Bonchev–Trinajstić information content (AvgIpc) is 3.02. The van der Waals surface area contributed by atoms with Gasteiger partial charge in [0.1, 0.15) is 0 Å². The highest BCUT2D eigenvalue weighted by Gasteiger charge is 2.15. The molecule has 0 fully saturated rings. The third kappa shape index (κ3) is 3.01. The van der Waals surface area contributed by atoms with Gasteiger partial charge in [0.2, 0.25) is 0 Å². The van der Waals surface area contributed by atoms with Crippen LogP contribution in [0.15, 0.2) is 54.9 Å². The van der Waals surface area contributed by atoms with Gasteiger partial charge in [0, 0.05) is 5.56 Å². The van der Waals surface area contributed by atoms with E-state index in [1.54, 1.807) is 6.33 Å². The van der Waals surface area contributed by atoms with Crippen molar-refractivity contribution in [2.45, 2.75) is 25.8 Å². The number of imidazole rings is 1. The molecule has 1 unspecified atom stereocenters. The van der Waals surface area contributed by atoms with Gasteiger partial charge in [-0.05, 0) is 30.2 Å². The molecule has 2 aromatic carbocycles.